The SMILES string of the molecule is Cc1ccccc1COCCOC(=O)C(C)Oc1ccc(Oc2ccc(C(F)(F)F)cc2)cc1. The molecule has 0 bridgehead atoms. The fourth-order valence-electron chi connectivity index (χ4n) is 2.96. The topological polar surface area (TPSA) is 54.0 Å². The van der Waals surface area contributed by atoms with Gasteiger partial charge >= 0.3 is 12.1 Å². The summed E-state index contributed by atoms with van der Waals surface area (Å²) in [6, 6.07) is 18.6. The van der Waals surface area contributed by atoms with Crippen molar-refractivity contribution in [2.45, 2.75) is 32.7 Å². The molecule has 5 nitrogen and oxygen atoms in total. The van der Waals surface area contributed by atoms with Crippen molar-refractivity contribution in [1.29, 1.82) is 0 Å². The third kappa shape index (κ3) is 7.52. The average molecular weight is 474 g/mol. The summed E-state index contributed by atoms with van der Waals surface area (Å²) in [4.78, 5) is 12.1. The predicted octanol–water partition coefficient (Wildman–Crippen LogP) is 6.33. The number of carbonyl (C=O) groups is 1. The van der Waals surface area contributed by atoms with Crippen LogP contribution in [0.2, 0.25) is 0 Å². The van der Waals surface area contributed by atoms with Crippen molar-refractivity contribution in [3.63, 3.8) is 0 Å². The van der Waals surface area contributed by atoms with Crippen molar-refractivity contribution >= 4 is 5.97 Å². The second-order valence-corrected chi connectivity index (χ2v) is 7.50. The quantitative estimate of drug-likeness (QED) is 0.254. The van der Waals surface area contributed by atoms with Crippen LogP contribution in [0.3, 0.4) is 0 Å². The Morgan fingerprint density at radius 1 is 0.853 bits per heavy atom. The molecular weight excluding hydrogens is 449 g/mol. The number of carbonyl (C=O) groups excluding carboxylic acids is 1. The highest BCUT2D eigenvalue weighted by molar-refractivity contribution is 5.74. The Bertz CT molecular complexity index is 1060. The smallest absolute Gasteiger partial charge is 0.416 e. The predicted molar refractivity (Wildman–Crippen MR) is 120 cm³/mol. The molecule has 0 saturated carbocycles. The van der Waals surface area contributed by atoms with Crippen molar-refractivity contribution in [3.8, 4) is 17.2 Å². The van der Waals surface area contributed by atoms with Crippen LogP contribution < -0.4 is 9.47 Å². The monoisotopic (exact) mass is 474 g/mol. The minimum atomic E-state index is -4.40. The Hall–Kier alpha value is -3.52. The number of esters is 1. The molecule has 1 atom stereocenters. The molecule has 0 N–H and O–H groups in total. The van der Waals surface area contributed by atoms with Crippen molar-refractivity contribution in [3.05, 3.63) is 89.5 Å². The first kappa shape index (κ1) is 25.1. The third-order valence-corrected chi connectivity index (χ3v) is 4.88. The van der Waals surface area contributed by atoms with Gasteiger partial charge in [-0.15, -0.1) is 0 Å². The van der Waals surface area contributed by atoms with Gasteiger partial charge in [-0.05, 0) is 73.5 Å². The van der Waals surface area contributed by atoms with Crippen LogP contribution in [-0.2, 0) is 27.1 Å². The summed E-state index contributed by atoms with van der Waals surface area (Å²) in [5.74, 6) is 0.570. The van der Waals surface area contributed by atoms with E-state index in [1.165, 1.54) is 12.1 Å². The second kappa shape index (κ2) is 11.6. The number of hydrogen-bond acceptors (Lipinski definition) is 5. The van der Waals surface area contributed by atoms with E-state index in [4.69, 9.17) is 18.9 Å². The Balaban J connectivity index is 1.40. The third-order valence-electron chi connectivity index (χ3n) is 4.88. The van der Waals surface area contributed by atoms with Crippen LogP contribution in [0, 0.1) is 6.92 Å². The van der Waals surface area contributed by atoms with Crippen LogP contribution in [0.4, 0.5) is 13.2 Å². The highest BCUT2D eigenvalue weighted by atomic mass is 19.4. The molecule has 0 fully saturated rings. The Labute approximate surface area is 196 Å². The normalized spacial score (nSPS) is 12.1. The summed E-state index contributed by atoms with van der Waals surface area (Å²) < 4.78 is 59.8. The van der Waals surface area contributed by atoms with Gasteiger partial charge in [-0.3, -0.25) is 0 Å². The van der Waals surface area contributed by atoms with Gasteiger partial charge in [-0.2, -0.15) is 13.2 Å². The van der Waals surface area contributed by atoms with Crippen LogP contribution in [-0.4, -0.2) is 25.3 Å². The van der Waals surface area contributed by atoms with E-state index < -0.39 is 23.8 Å². The molecule has 34 heavy (non-hydrogen) atoms. The van der Waals surface area contributed by atoms with E-state index >= 15 is 0 Å². The molecule has 0 aliphatic carbocycles. The van der Waals surface area contributed by atoms with E-state index in [9.17, 15) is 18.0 Å². The zero-order valence-electron chi connectivity index (χ0n) is 18.8. The van der Waals surface area contributed by atoms with Gasteiger partial charge in [0.15, 0.2) is 6.10 Å². The first-order valence-electron chi connectivity index (χ1n) is 10.6. The minimum absolute atomic E-state index is 0.109. The maximum absolute atomic E-state index is 12.6. The fourth-order valence-corrected chi connectivity index (χ4v) is 2.96. The molecule has 3 aromatic rings. The largest absolute Gasteiger partial charge is 0.479 e. The standard InChI is InChI=1S/C26H25F3O5/c1-18-5-3-4-6-20(18)17-31-15-16-32-25(30)19(2)33-22-11-13-24(14-12-22)34-23-9-7-21(8-10-23)26(27,28)29/h3-14,19H,15-17H2,1-2H3. The van der Waals surface area contributed by atoms with Gasteiger partial charge in [-0.1, -0.05) is 24.3 Å². The number of benzene rings is 3. The molecule has 180 valence electrons. The number of rotatable bonds is 10. The highest BCUT2D eigenvalue weighted by Crippen LogP contribution is 2.31. The molecule has 0 saturated heterocycles. The molecule has 0 radical (unpaired) electrons. The van der Waals surface area contributed by atoms with Gasteiger partial charge in [0, 0.05) is 0 Å². The highest BCUT2D eigenvalue weighted by Gasteiger charge is 2.30. The minimum Gasteiger partial charge on any atom is -0.479 e. The van der Waals surface area contributed by atoms with E-state index in [2.05, 4.69) is 0 Å². The second-order valence-electron chi connectivity index (χ2n) is 7.50. The Kier molecular flexibility index (Phi) is 8.54. The van der Waals surface area contributed by atoms with Gasteiger partial charge in [0.2, 0.25) is 0 Å². The lowest BCUT2D eigenvalue weighted by molar-refractivity contribution is -0.152. The van der Waals surface area contributed by atoms with Gasteiger partial charge < -0.3 is 18.9 Å². The maximum atomic E-state index is 12.6. The van der Waals surface area contributed by atoms with Crippen molar-refractivity contribution in [1.82, 2.24) is 0 Å². The summed E-state index contributed by atoms with van der Waals surface area (Å²) in [6.45, 7) is 4.40. The van der Waals surface area contributed by atoms with E-state index in [0.717, 1.165) is 23.3 Å². The zero-order valence-corrected chi connectivity index (χ0v) is 18.8. The molecule has 0 amide bonds. The first-order valence-corrected chi connectivity index (χ1v) is 10.6. The number of hydrogen-bond donors (Lipinski definition) is 0. The maximum Gasteiger partial charge on any atom is 0.416 e. The summed E-state index contributed by atoms with van der Waals surface area (Å²) >= 11 is 0. The van der Waals surface area contributed by atoms with Crippen LogP contribution >= 0.6 is 0 Å². The van der Waals surface area contributed by atoms with Crippen molar-refractivity contribution in [2.75, 3.05) is 13.2 Å². The number of aryl methyl sites for hydroxylation is 1. The van der Waals surface area contributed by atoms with Gasteiger partial charge in [0.05, 0.1) is 18.8 Å². The molecule has 3 rings (SSSR count). The van der Waals surface area contributed by atoms with Crippen molar-refractivity contribution in [2.24, 2.45) is 0 Å². The van der Waals surface area contributed by atoms with E-state index in [1.54, 1.807) is 31.2 Å². The van der Waals surface area contributed by atoms with Crippen LogP contribution in [0.1, 0.15) is 23.6 Å². The van der Waals surface area contributed by atoms with Crippen LogP contribution in [0.5, 0.6) is 17.2 Å². The van der Waals surface area contributed by atoms with E-state index in [0.29, 0.717) is 18.1 Å². The lowest BCUT2D eigenvalue weighted by Gasteiger charge is -2.15. The molecule has 0 heterocycles. The lowest BCUT2D eigenvalue weighted by Crippen LogP contribution is -2.27. The molecule has 8 heteroatoms. The van der Waals surface area contributed by atoms with Crippen LogP contribution in [0.25, 0.3) is 0 Å². The molecule has 0 aliphatic heterocycles. The van der Waals surface area contributed by atoms with Crippen molar-refractivity contribution < 1.29 is 36.9 Å². The van der Waals surface area contributed by atoms with Gasteiger partial charge in [0.25, 0.3) is 0 Å². The van der Waals surface area contributed by atoms with Crippen LogP contribution in [0.15, 0.2) is 72.8 Å². The summed E-state index contributed by atoms with van der Waals surface area (Å²) in [5, 5.41) is 0. The summed E-state index contributed by atoms with van der Waals surface area (Å²) in [7, 11) is 0. The Morgan fingerprint density at radius 2 is 1.44 bits per heavy atom. The molecular formula is C26H25F3O5. The number of halogens is 3. The van der Waals surface area contributed by atoms with E-state index in [1.807, 2.05) is 31.2 Å². The molecule has 0 spiro atoms. The van der Waals surface area contributed by atoms with Gasteiger partial charge in [0.1, 0.15) is 23.9 Å². The summed E-state index contributed by atoms with van der Waals surface area (Å²) in [5.41, 5.74) is 1.47. The first-order chi connectivity index (χ1) is 16.2. The lowest BCUT2D eigenvalue weighted by atomic mass is 10.1. The fraction of sp³-hybridized carbons (Fsp3) is 0.269. The van der Waals surface area contributed by atoms with E-state index in [-0.39, 0.29) is 19.0 Å². The van der Waals surface area contributed by atoms with Gasteiger partial charge in [-0.25, -0.2) is 4.79 Å². The zero-order chi connectivity index (χ0) is 24.6. The number of alkyl halides is 3. The number of ether oxygens (including phenoxy) is 4. The Morgan fingerprint density at radius 3 is 2.06 bits per heavy atom. The molecule has 1 unspecified atom stereocenters. The average Bonchev–Trinajstić information content (AvgIpc) is 2.81. The molecule has 3 aromatic carbocycles. The molecule has 0 aliphatic rings. The molecule has 0 aromatic heterocycles. The summed E-state index contributed by atoms with van der Waals surface area (Å²) in [6.07, 6.45) is -5.23.